The summed E-state index contributed by atoms with van der Waals surface area (Å²) in [6, 6.07) is 8.93. The second-order valence-electron chi connectivity index (χ2n) is 6.18. The zero-order valence-electron chi connectivity index (χ0n) is 15.0. The van der Waals surface area contributed by atoms with E-state index in [2.05, 4.69) is 58.0 Å². The Kier molecular flexibility index (Phi) is 10.6. The van der Waals surface area contributed by atoms with Crippen molar-refractivity contribution in [3.05, 3.63) is 29.8 Å². The number of hydrogen-bond acceptors (Lipinski definition) is 3. The number of halogens is 1. The molecule has 1 heterocycles. The maximum absolute atomic E-state index is 4.25. The van der Waals surface area contributed by atoms with Gasteiger partial charge in [-0.3, -0.25) is 4.99 Å². The Morgan fingerprint density at radius 2 is 1.88 bits per heavy atom. The number of guanidine groups is 1. The van der Waals surface area contributed by atoms with Crippen molar-refractivity contribution in [3.63, 3.8) is 0 Å². The van der Waals surface area contributed by atoms with E-state index in [4.69, 9.17) is 0 Å². The highest BCUT2D eigenvalue weighted by Gasteiger charge is 2.15. The highest BCUT2D eigenvalue weighted by atomic mass is 127. The van der Waals surface area contributed by atoms with Crippen LogP contribution in [0.4, 0.5) is 5.69 Å². The molecule has 0 atom stereocenters. The number of piperidine rings is 1. The molecule has 1 saturated heterocycles. The topological polar surface area (TPSA) is 39.7 Å². The second-order valence-corrected chi connectivity index (χ2v) is 7.17. The van der Waals surface area contributed by atoms with E-state index in [1.807, 2.05) is 18.8 Å². The van der Waals surface area contributed by atoms with Crippen molar-refractivity contribution < 1.29 is 0 Å². The summed E-state index contributed by atoms with van der Waals surface area (Å²) in [7, 11) is 1.81. The van der Waals surface area contributed by atoms with Crippen LogP contribution in [0.25, 0.3) is 0 Å². The maximum atomic E-state index is 4.25. The van der Waals surface area contributed by atoms with Gasteiger partial charge in [0.1, 0.15) is 0 Å². The van der Waals surface area contributed by atoms with Crippen LogP contribution in [0, 0.1) is 5.92 Å². The molecule has 0 aromatic heterocycles. The Labute approximate surface area is 168 Å². The number of aliphatic imine (C=N–C) groups is 1. The molecule has 1 aliphatic heterocycles. The number of hydrogen-bond donors (Lipinski definition) is 2. The summed E-state index contributed by atoms with van der Waals surface area (Å²) in [4.78, 5) is 6.75. The lowest BCUT2D eigenvalue weighted by atomic mass is 9.99. The van der Waals surface area contributed by atoms with Gasteiger partial charge in [-0.1, -0.05) is 19.1 Å². The van der Waals surface area contributed by atoms with Crippen LogP contribution in [-0.4, -0.2) is 44.7 Å². The SMILES string of the molecule is CN=C(NCCSC)NCc1ccc(N2CCC(C)CC2)cc1.I. The van der Waals surface area contributed by atoms with Gasteiger partial charge in [0.15, 0.2) is 5.96 Å². The summed E-state index contributed by atoms with van der Waals surface area (Å²) < 4.78 is 0. The van der Waals surface area contributed by atoms with Crippen LogP contribution >= 0.6 is 35.7 Å². The Balaban J connectivity index is 0.00000288. The Hall–Kier alpha value is -0.630. The van der Waals surface area contributed by atoms with Crippen molar-refractivity contribution in [1.82, 2.24) is 10.6 Å². The molecule has 1 fully saturated rings. The van der Waals surface area contributed by atoms with Gasteiger partial charge in [0.25, 0.3) is 0 Å². The molecule has 2 rings (SSSR count). The predicted octanol–water partition coefficient (Wildman–Crippen LogP) is 3.57. The lowest BCUT2D eigenvalue weighted by molar-refractivity contribution is 0.438. The van der Waals surface area contributed by atoms with E-state index in [9.17, 15) is 0 Å². The number of rotatable bonds is 6. The fourth-order valence-electron chi connectivity index (χ4n) is 2.77. The first-order valence-electron chi connectivity index (χ1n) is 8.50. The van der Waals surface area contributed by atoms with Gasteiger partial charge in [0.05, 0.1) is 0 Å². The molecular formula is C18H31IN4S. The molecule has 0 bridgehead atoms. The highest BCUT2D eigenvalue weighted by molar-refractivity contribution is 14.0. The Morgan fingerprint density at radius 1 is 1.21 bits per heavy atom. The molecule has 136 valence electrons. The fourth-order valence-corrected chi connectivity index (χ4v) is 3.08. The van der Waals surface area contributed by atoms with Gasteiger partial charge in [-0.25, -0.2) is 0 Å². The van der Waals surface area contributed by atoms with Crippen LogP contribution in [0.1, 0.15) is 25.3 Å². The minimum atomic E-state index is 0. The average molecular weight is 462 g/mol. The normalized spacial score (nSPS) is 15.8. The first-order chi connectivity index (χ1) is 11.2. The standard InChI is InChI=1S/C18H30N4S.HI/c1-15-8-11-22(12-9-15)17-6-4-16(5-7-17)14-21-18(19-2)20-10-13-23-3;/h4-7,15H,8-14H2,1-3H3,(H2,19,20,21);1H. The van der Waals surface area contributed by atoms with Crippen molar-refractivity contribution in [2.75, 3.05) is 43.6 Å². The Bertz CT molecular complexity index is 484. The molecule has 1 aliphatic rings. The quantitative estimate of drug-likeness (QED) is 0.294. The zero-order chi connectivity index (χ0) is 16.5. The molecular weight excluding hydrogens is 431 g/mol. The summed E-state index contributed by atoms with van der Waals surface area (Å²) >= 11 is 1.83. The largest absolute Gasteiger partial charge is 0.372 e. The van der Waals surface area contributed by atoms with Crippen LogP contribution in [0.3, 0.4) is 0 Å². The smallest absolute Gasteiger partial charge is 0.191 e. The van der Waals surface area contributed by atoms with Gasteiger partial charge in [0, 0.05) is 44.7 Å². The lowest BCUT2D eigenvalue weighted by Gasteiger charge is -2.32. The molecule has 0 amide bonds. The molecule has 0 unspecified atom stereocenters. The van der Waals surface area contributed by atoms with Crippen molar-refractivity contribution in [3.8, 4) is 0 Å². The predicted molar refractivity (Wildman–Crippen MR) is 119 cm³/mol. The van der Waals surface area contributed by atoms with Gasteiger partial charge < -0.3 is 15.5 Å². The molecule has 2 N–H and O–H groups in total. The van der Waals surface area contributed by atoms with Crippen molar-refractivity contribution in [2.24, 2.45) is 10.9 Å². The first-order valence-corrected chi connectivity index (χ1v) is 9.89. The molecule has 6 heteroatoms. The van der Waals surface area contributed by atoms with E-state index in [1.165, 1.54) is 37.2 Å². The summed E-state index contributed by atoms with van der Waals surface area (Å²) in [5, 5.41) is 6.68. The van der Waals surface area contributed by atoms with E-state index in [0.717, 1.165) is 30.7 Å². The number of thioether (sulfide) groups is 1. The van der Waals surface area contributed by atoms with Gasteiger partial charge in [-0.2, -0.15) is 11.8 Å². The van der Waals surface area contributed by atoms with Crippen molar-refractivity contribution in [2.45, 2.75) is 26.3 Å². The number of nitrogens with zero attached hydrogens (tertiary/aromatic N) is 2. The van der Waals surface area contributed by atoms with Gasteiger partial charge in [-0.15, -0.1) is 24.0 Å². The van der Waals surface area contributed by atoms with Crippen LogP contribution in [0.5, 0.6) is 0 Å². The third kappa shape index (κ3) is 7.09. The minimum absolute atomic E-state index is 0. The van der Waals surface area contributed by atoms with Crippen LogP contribution in [-0.2, 0) is 6.54 Å². The van der Waals surface area contributed by atoms with E-state index in [0.29, 0.717) is 0 Å². The summed E-state index contributed by atoms with van der Waals surface area (Å²) in [5.41, 5.74) is 2.63. The molecule has 4 nitrogen and oxygen atoms in total. The molecule has 0 aliphatic carbocycles. The summed E-state index contributed by atoms with van der Waals surface area (Å²) in [5.74, 6) is 2.83. The lowest BCUT2D eigenvalue weighted by Crippen LogP contribution is -2.37. The molecule has 1 aromatic carbocycles. The second kappa shape index (κ2) is 11.8. The zero-order valence-corrected chi connectivity index (χ0v) is 18.2. The van der Waals surface area contributed by atoms with Crippen LogP contribution < -0.4 is 15.5 Å². The van der Waals surface area contributed by atoms with Crippen LogP contribution in [0.2, 0.25) is 0 Å². The molecule has 0 radical (unpaired) electrons. The monoisotopic (exact) mass is 462 g/mol. The summed E-state index contributed by atoms with van der Waals surface area (Å²) in [6.07, 6.45) is 4.73. The highest BCUT2D eigenvalue weighted by Crippen LogP contribution is 2.23. The molecule has 0 saturated carbocycles. The number of nitrogens with one attached hydrogen (secondary N) is 2. The van der Waals surface area contributed by atoms with E-state index < -0.39 is 0 Å². The third-order valence-electron chi connectivity index (χ3n) is 4.37. The molecule has 1 aromatic rings. The van der Waals surface area contributed by atoms with E-state index >= 15 is 0 Å². The van der Waals surface area contributed by atoms with E-state index in [1.54, 1.807) is 0 Å². The Morgan fingerprint density at radius 3 is 2.46 bits per heavy atom. The van der Waals surface area contributed by atoms with Gasteiger partial charge >= 0.3 is 0 Å². The summed E-state index contributed by atoms with van der Waals surface area (Å²) in [6.45, 7) is 6.46. The van der Waals surface area contributed by atoms with Crippen molar-refractivity contribution in [1.29, 1.82) is 0 Å². The molecule has 24 heavy (non-hydrogen) atoms. The van der Waals surface area contributed by atoms with E-state index in [-0.39, 0.29) is 24.0 Å². The fraction of sp³-hybridized carbons (Fsp3) is 0.611. The average Bonchev–Trinajstić information content (AvgIpc) is 2.59. The van der Waals surface area contributed by atoms with Crippen molar-refractivity contribution >= 4 is 47.4 Å². The minimum Gasteiger partial charge on any atom is -0.372 e. The van der Waals surface area contributed by atoms with Gasteiger partial charge in [-0.05, 0) is 42.7 Å². The van der Waals surface area contributed by atoms with Crippen LogP contribution in [0.15, 0.2) is 29.3 Å². The number of benzene rings is 1. The van der Waals surface area contributed by atoms with Gasteiger partial charge in [0.2, 0.25) is 0 Å². The third-order valence-corrected chi connectivity index (χ3v) is 4.98. The molecule has 0 spiro atoms. The maximum Gasteiger partial charge on any atom is 0.191 e. The number of anilines is 1. The first kappa shape index (κ1) is 21.4.